The Labute approximate surface area is 189 Å². The van der Waals surface area contributed by atoms with Gasteiger partial charge in [0.1, 0.15) is 17.1 Å². The van der Waals surface area contributed by atoms with Crippen molar-refractivity contribution in [3.63, 3.8) is 0 Å². The second-order valence-electron chi connectivity index (χ2n) is 6.98. The summed E-state index contributed by atoms with van der Waals surface area (Å²) in [7, 11) is 0. The molecule has 2 aromatic heterocycles. The summed E-state index contributed by atoms with van der Waals surface area (Å²) in [5.41, 5.74) is -1.10. The molecule has 0 saturated heterocycles. The summed E-state index contributed by atoms with van der Waals surface area (Å²) < 4.78 is 42.9. The van der Waals surface area contributed by atoms with Crippen LogP contribution in [0.2, 0.25) is 5.02 Å². The van der Waals surface area contributed by atoms with Gasteiger partial charge >= 0.3 is 6.36 Å². The minimum atomic E-state index is -4.94. The van der Waals surface area contributed by atoms with E-state index in [4.69, 9.17) is 11.6 Å². The number of nitrogens with zero attached hydrogens (tertiary/aromatic N) is 2. The molecule has 0 fully saturated rings. The molecule has 33 heavy (non-hydrogen) atoms. The van der Waals surface area contributed by atoms with Gasteiger partial charge in [-0.25, -0.2) is 4.98 Å². The van der Waals surface area contributed by atoms with Crippen molar-refractivity contribution in [3.05, 3.63) is 93.4 Å². The van der Waals surface area contributed by atoms with E-state index in [1.165, 1.54) is 30.5 Å². The molecule has 6 nitrogen and oxygen atoms in total. The van der Waals surface area contributed by atoms with Crippen molar-refractivity contribution >= 4 is 28.4 Å². The number of alkyl halides is 3. The molecule has 1 N–H and O–H groups in total. The number of hydrogen-bond acceptors (Lipinski definition) is 5. The molecule has 2 heterocycles. The topological polar surface area (TPSA) is 81.4 Å². The van der Waals surface area contributed by atoms with Gasteiger partial charge < -0.3 is 9.84 Å². The highest BCUT2D eigenvalue weighted by atomic mass is 35.5. The van der Waals surface area contributed by atoms with Crippen LogP contribution in [-0.4, -0.2) is 26.8 Å². The van der Waals surface area contributed by atoms with E-state index in [2.05, 4.69) is 9.72 Å². The third-order valence-corrected chi connectivity index (χ3v) is 5.17. The first-order valence-electron chi connectivity index (χ1n) is 9.51. The summed E-state index contributed by atoms with van der Waals surface area (Å²) in [6.45, 7) is 0. The van der Waals surface area contributed by atoms with Crippen LogP contribution in [0.15, 0.2) is 71.7 Å². The van der Waals surface area contributed by atoms with E-state index in [1.807, 2.05) is 0 Å². The summed E-state index contributed by atoms with van der Waals surface area (Å²) in [4.78, 5) is 30.5. The maximum atomic E-state index is 13.4. The van der Waals surface area contributed by atoms with E-state index in [0.29, 0.717) is 10.6 Å². The number of halogens is 4. The Balaban J connectivity index is 1.91. The van der Waals surface area contributed by atoms with Gasteiger partial charge in [0.05, 0.1) is 11.1 Å². The highest BCUT2D eigenvalue weighted by Gasteiger charge is 2.31. The van der Waals surface area contributed by atoms with Crippen molar-refractivity contribution in [2.45, 2.75) is 12.8 Å². The zero-order valence-electron chi connectivity index (χ0n) is 16.6. The number of hydrogen-bond donors (Lipinski definition) is 1. The molecule has 0 atom stereocenters. The van der Waals surface area contributed by atoms with Crippen molar-refractivity contribution < 1.29 is 27.8 Å². The maximum absolute atomic E-state index is 13.4. The van der Waals surface area contributed by atoms with Crippen LogP contribution in [0, 0.1) is 0 Å². The molecule has 10 heteroatoms. The highest BCUT2D eigenvalue weighted by molar-refractivity contribution is 6.31. The van der Waals surface area contributed by atoms with Crippen molar-refractivity contribution in [2.75, 3.05) is 0 Å². The summed E-state index contributed by atoms with van der Waals surface area (Å²) in [6.07, 6.45) is -3.86. The maximum Gasteiger partial charge on any atom is 0.573 e. The first-order valence-corrected chi connectivity index (χ1v) is 9.89. The van der Waals surface area contributed by atoms with Crippen LogP contribution < -0.4 is 10.3 Å². The Kier molecular flexibility index (Phi) is 5.82. The molecular formula is C23H14ClF3N2O4. The number of carbonyl (C=O) groups is 1. The summed E-state index contributed by atoms with van der Waals surface area (Å²) >= 11 is 6.11. The Bertz CT molecular complexity index is 1430. The van der Waals surface area contributed by atoms with Gasteiger partial charge in [-0.1, -0.05) is 35.9 Å². The number of ether oxygens (including phenoxy) is 1. The monoisotopic (exact) mass is 474 g/mol. The van der Waals surface area contributed by atoms with Crippen LogP contribution in [0.1, 0.15) is 15.9 Å². The molecule has 0 unspecified atom stereocenters. The fraction of sp³-hybridized carbons (Fsp3) is 0.0870. The predicted octanol–water partition coefficient (Wildman–Crippen LogP) is 5.07. The second-order valence-corrected chi connectivity index (χ2v) is 7.38. The van der Waals surface area contributed by atoms with Gasteiger partial charge in [0, 0.05) is 23.7 Å². The van der Waals surface area contributed by atoms with Crippen LogP contribution in [0.3, 0.4) is 0 Å². The molecular weight excluding hydrogens is 461 g/mol. The van der Waals surface area contributed by atoms with Crippen LogP contribution in [0.4, 0.5) is 13.2 Å². The number of ketones is 1. The van der Waals surface area contributed by atoms with E-state index in [-0.39, 0.29) is 23.1 Å². The molecule has 0 bridgehead atoms. The fourth-order valence-electron chi connectivity index (χ4n) is 3.42. The molecule has 4 rings (SSSR count). The Morgan fingerprint density at radius 3 is 2.58 bits per heavy atom. The minimum absolute atomic E-state index is 0.0303. The first kappa shape index (κ1) is 22.3. The van der Waals surface area contributed by atoms with Crippen molar-refractivity contribution in [2.24, 2.45) is 0 Å². The molecule has 168 valence electrons. The van der Waals surface area contributed by atoms with Gasteiger partial charge in [-0.2, -0.15) is 0 Å². The van der Waals surface area contributed by atoms with Crippen LogP contribution in [0.5, 0.6) is 11.5 Å². The van der Waals surface area contributed by atoms with Crippen LogP contribution in [-0.2, 0) is 6.42 Å². The number of Topliss-reactive ketones (excluding diaryl/α,β-unsaturated/α-hetero) is 1. The average Bonchev–Trinajstić information content (AvgIpc) is 2.75. The molecule has 0 saturated carbocycles. The van der Waals surface area contributed by atoms with E-state index in [0.717, 1.165) is 16.7 Å². The standard InChI is InChI=1S/C23H14ClF3N2O4/c24-17-9-2-1-5-13(17)11-18(30)19-20(31)16-8-4-10-28-21(16)29(22(19)32)14-6-3-7-15(12-14)33-23(25,26)27/h1-10,12,31H,11H2. The third kappa shape index (κ3) is 4.54. The SMILES string of the molecule is O=C(Cc1ccccc1Cl)c1c(O)c2cccnc2n(-c2cccc(OC(F)(F)F)c2)c1=O. The Morgan fingerprint density at radius 1 is 1.09 bits per heavy atom. The number of carbonyl (C=O) groups excluding carboxylic acids is 1. The number of aromatic hydroxyl groups is 1. The van der Waals surface area contributed by atoms with E-state index < -0.39 is 34.8 Å². The number of pyridine rings is 2. The molecule has 0 amide bonds. The zero-order chi connectivity index (χ0) is 23.8. The molecule has 0 aliphatic carbocycles. The number of fused-ring (bicyclic) bond motifs is 1. The largest absolute Gasteiger partial charge is 0.573 e. The molecule has 2 aromatic carbocycles. The van der Waals surface area contributed by atoms with E-state index >= 15 is 0 Å². The molecule has 0 spiro atoms. The molecule has 4 aromatic rings. The third-order valence-electron chi connectivity index (χ3n) is 4.80. The summed E-state index contributed by atoms with van der Waals surface area (Å²) in [6, 6.07) is 14.1. The lowest BCUT2D eigenvalue weighted by Gasteiger charge is -2.15. The van der Waals surface area contributed by atoms with Crippen molar-refractivity contribution in [1.29, 1.82) is 0 Å². The summed E-state index contributed by atoms with van der Waals surface area (Å²) in [5, 5.41) is 11.1. The van der Waals surface area contributed by atoms with Gasteiger partial charge in [-0.05, 0) is 35.9 Å². The Hall–Kier alpha value is -3.85. The average molecular weight is 475 g/mol. The lowest BCUT2D eigenvalue weighted by Crippen LogP contribution is -2.27. The second kappa shape index (κ2) is 8.59. The zero-order valence-corrected chi connectivity index (χ0v) is 17.4. The normalized spacial score (nSPS) is 11.5. The predicted molar refractivity (Wildman–Crippen MR) is 115 cm³/mol. The van der Waals surface area contributed by atoms with E-state index in [1.54, 1.807) is 24.3 Å². The minimum Gasteiger partial charge on any atom is -0.506 e. The molecule has 0 aliphatic rings. The van der Waals surface area contributed by atoms with Gasteiger partial charge in [0.25, 0.3) is 5.56 Å². The van der Waals surface area contributed by atoms with E-state index in [9.17, 15) is 27.9 Å². The first-order chi connectivity index (χ1) is 15.7. The van der Waals surface area contributed by atoms with Gasteiger partial charge in [-0.15, -0.1) is 13.2 Å². The van der Waals surface area contributed by atoms with Crippen molar-refractivity contribution in [3.8, 4) is 17.2 Å². The lowest BCUT2D eigenvalue weighted by atomic mass is 10.0. The van der Waals surface area contributed by atoms with Gasteiger partial charge in [-0.3, -0.25) is 14.2 Å². The quantitative estimate of drug-likeness (QED) is 0.408. The van der Waals surface area contributed by atoms with Crippen LogP contribution in [0.25, 0.3) is 16.7 Å². The number of rotatable bonds is 5. The fourth-order valence-corrected chi connectivity index (χ4v) is 3.62. The lowest BCUT2D eigenvalue weighted by molar-refractivity contribution is -0.274. The number of benzene rings is 2. The van der Waals surface area contributed by atoms with Crippen molar-refractivity contribution in [1.82, 2.24) is 9.55 Å². The smallest absolute Gasteiger partial charge is 0.506 e. The highest BCUT2D eigenvalue weighted by Crippen LogP contribution is 2.30. The van der Waals surface area contributed by atoms with Gasteiger partial charge in [0.15, 0.2) is 11.4 Å². The summed E-state index contributed by atoms with van der Waals surface area (Å²) in [5.74, 6) is -1.85. The Morgan fingerprint density at radius 2 is 1.85 bits per heavy atom. The van der Waals surface area contributed by atoms with Crippen LogP contribution >= 0.6 is 11.6 Å². The van der Waals surface area contributed by atoms with Gasteiger partial charge in [0.2, 0.25) is 0 Å². The number of aromatic nitrogens is 2. The molecule has 0 radical (unpaired) electrons. The molecule has 0 aliphatic heterocycles.